The van der Waals surface area contributed by atoms with E-state index in [4.69, 9.17) is 9.47 Å². The maximum Gasteiger partial charge on any atom is 0.257 e. The first kappa shape index (κ1) is 54.8. The Morgan fingerprint density at radius 1 is 0.932 bits per heavy atom. The van der Waals surface area contributed by atoms with Crippen LogP contribution in [-0.4, -0.2) is 135 Å². The number of nitrogens with zero attached hydrogens (tertiary/aromatic N) is 5. The number of likely N-dealkylation sites (tertiary alicyclic amines) is 1. The fraction of sp³-hybridized carbons (Fsp3) is 0.491. The first-order valence-corrected chi connectivity index (χ1v) is 28.0. The SMILES string of the molecule is COc1cc(C)c(Sc2cnc(NC(=O)c3ccc(OC4CCC(C(=O)N[C@H](C(O)N5C[C@H](O)C[C@H]5CN[C@@H](C)c5ccc(-c6scnc6C)cc5)C(C)(C)C)CC4)cc3)s2)cc1C(=O)N1CCN(C(C)=O)CC1. The second kappa shape index (κ2) is 24.1. The predicted molar refractivity (Wildman–Crippen MR) is 290 cm³/mol. The van der Waals surface area contributed by atoms with Crippen molar-refractivity contribution in [3.8, 4) is 21.9 Å². The molecule has 396 valence electrons. The van der Waals surface area contributed by atoms with Crippen LogP contribution in [0.2, 0.25) is 0 Å². The molecule has 1 saturated carbocycles. The summed E-state index contributed by atoms with van der Waals surface area (Å²) in [7, 11) is 1.54. The van der Waals surface area contributed by atoms with E-state index in [0.717, 1.165) is 31.5 Å². The lowest BCUT2D eigenvalue weighted by molar-refractivity contribution is -0.132. The van der Waals surface area contributed by atoms with Gasteiger partial charge in [0.15, 0.2) is 5.13 Å². The summed E-state index contributed by atoms with van der Waals surface area (Å²) in [4.78, 5) is 69.0. The molecule has 1 unspecified atom stereocenters. The zero-order valence-electron chi connectivity index (χ0n) is 43.6. The predicted octanol–water partition coefficient (Wildman–Crippen LogP) is 8.17. The minimum Gasteiger partial charge on any atom is -0.496 e. The van der Waals surface area contributed by atoms with Gasteiger partial charge in [0, 0.05) is 74.7 Å². The highest BCUT2D eigenvalue weighted by atomic mass is 32.2. The van der Waals surface area contributed by atoms with Crippen LogP contribution in [0.15, 0.2) is 81.5 Å². The zero-order valence-corrected chi connectivity index (χ0v) is 46.0. The number of ether oxygens (including phenoxy) is 2. The monoisotopic (exact) mass is 1070 g/mol. The number of piperazine rings is 1. The van der Waals surface area contributed by atoms with Crippen LogP contribution in [-0.2, 0) is 9.59 Å². The van der Waals surface area contributed by atoms with Gasteiger partial charge in [0.05, 0.1) is 57.4 Å². The highest BCUT2D eigenvalue weighted by molar-refractivity contribution is 8.01. The highest BCUT2D eigenvalue weighted by Crippen LogP contribution is 2.39. The van der Waals surface area contributed by atoms with Gasteiger partial charge in [-0.05, 0) is 111 Å². The van der Waals surface area contributed by atoms with E-state index in [0.29, 0.717) is 99.1 Å². The number of carbonyl (C=O) groups is 4. The maximum atomic E-state index is 13.9. The van der Waals surface area contributed by atoms with Crippen LogP contribution in [0, 0.1) is 25.2 Å². The van der Waals surface area contributed by atoms with E-state index in [9.17, 15) is 29.4 Å². The summed E-state index contributed by atoms with van der Waals surface area (Å²) in [6, 6.07) is 18.5. The van der Waals surface area contributed by atoms with Crippen LogP contribution in [0.25, 0.3) is 10.4 Å². The average Bonchev–Trinajstić information content (AvgIpc) is 4.14. The number of β-amino-alcohol motifs (C(OH)–C–C–N with tert-alkyl or cyclic N) is 1. The first-order chi connectivity index (χ1) is 35.3. The molecule has 2 aromatic heterocycles. The molecule has 19 heteroatoms. The van der Waals surface area contributed by atoms with Gasteiger partial charge in [0.25, 0.3) is 11.8 Å². The summed E-state index contributed by atoms with van der Waals surface area (Å²) in [6.07, 6.45) is 3.16. The van der Waals surface area contributed by atoms with Crippen LogP contribution in [0.4, 0.5) is 5.13 Å². The molecule has 5 aromatic rings. The summed E-state index contributed by atoms with van der Waals surface area (Å²) in [5, 5.41) is 33.0. The van der Waals surface area contributed by atoms with E-state index in [1.807, 2.05) is 57.2 Å². The van der Waals surface area contributed by atoms with E-state index in [2.05, 4.69) is 57.1 Å². The number of nitrogens with one attached hydrogen (secondary N) is 3. The summed E-state index contributed by atoms with van der Waals surface area (Å²) in [5.41, 5.74) is 6.53. The summed E-state index contributed by atoms with van der Waals surface area (Å²) in [6.45, 7) is 16.4. The van der Waals surface area contributed by atoms with Crippen molar-refractivity contribution in [3.63, 3.8) is 0 Å². The van der Waals surface area contributed by atoms with Gasteiger partial charge in [-0.3, -0.25) is 29.4 Å². The molecule has 16 nitrogen and oxygen atoms in total. The number of amides is 4. The summed E-state index contributed by atoms with van der Waals surface area (Å²) in [5.74, 6) is 0.343. The highest BCUT2D eigenvalue weighted by Gasteiger charge is 2.43. The molecule has 74 heavy (non-hydrogen) atoms. The number of aryl methyl sites for hydroxylation is 2. The fourth-order valence-corrected chi connectivity index (χ4v) is 12.8. The van der Waals surface area contributed by atoms with Gasteiger partial charge in [-0.1, -0.05) is 68.1 Å². The number of aromatic nitrogens is 2. The van der Waals surface area contributed by atoms with Crippen molar-refractivity contribution >= 4 is 63.2 Å². The number of aliphatic hydroxyl groups excluding tert-OH is 2. The van der Waals surface area contributed by atoms with E-state index in [-0.39, 0.29) is 47.7 Å². The van der Waals surface area contributed by atoms with Crippen molar-refractivity contribution in [2.45, 2.75) is 126 Å². The van der Waals surface area contributed by atoms with Gasteiger partial charge >= 0.3 is 0 Å². The molecule has 0 spiro atoms. The van der Waals surface area contributed by atoms with Crippen molar-refractivity contribution < 1.29 is 38.9 Å². The van der Waals surface area contributed by atoms with Crippen molar-refractivity contribution in [2.75, 3.05) is 51.7 Å². The van der Waals surface area contributed by atoms with Crippen LogP contribution in [0.5, 0.6) is 11.5 Å². The number of anilines is 1. The number of benzene rings is 3. The molecule has 8 rings (SSSR count). The van der Waals surface area contributed by atoms with Gasteiger partial charge in [0.2, 0.25) is 11.8 Å². The molecule has 2 saturated heterocycles. The molecule has 4 amide bonds. The van der Waals surface area contributed by atoms with Crippen LogP contribution in [0.1, 0.15) is 110 Å². The number of methoxy groups -OCH3 is 1. The Morgan fingerprint density at radius 2 is 1.62 bits per heavy atom. The molecule has 3 aromatic carbocycles. The molecule has 3 fully saturated rings. The normalized spacial score (nSPS) is 20.7. The van der Waals surface area contributed by atoms with Gasteiger partial charge < -0.3 is 40.1 Å². The molecular formula is C55H70N8O8S3. The fourth-order valence-electron chi connectivity index (χ4n) is 10.0. The number of hydrogen-bond donors (Lipinski definition) is 5. The Balaban J connectivity index is 0.793. The van der Waals surface area contributed by atoms with Crippen molar-refractivity contribution in [1.82, 2.24) is 35.3 Å². The Kier molecular flexibility index (Phi) is 17.8. The Hall–Kier alpha value is -5.41. The topological polar surface area (TPSA) is 199 Å². The third-order valence-corrected chi connectivity index (χ3v) is 17.7. The van der Waals surface area contributed by atoms with Gasteiger partial charge in [-0.15, -0.1) is 11.3 Å². The van der Waals surface area contributed by atoms with Crippen LogP contribution < -0.4 is 25.4 Å². The molecule has 5 atom stereocenters. The van der Waals surface area contributed by atoms with Crippen molar-refractivity contribution in [3.05, 3.63) is 100 Å². The minimum absolute atomic E-state index is 0.000736. The second-order valence-corrected chi connectivity index (χ2v) is 24.0. The third kappa shape index (κ3) is 13.3. The lowest BCUT2D eigenvalue weighted by Crippen LogP contribution is -2.60. The first-order valence-electron chi connectivity index (χ1n) is 25.5. The van der Waals surface area contributed by atoms with E-state index >= 15 is 0 Å². The Labute approximate surface area is 446 Å². The van der Waals surface area contributed by atoms with Crippen molar-refractivity contribution in [2.24, 2.45) is 11.3 Å². The van der Waals surface area contributed by atoms with E-state index < -0.39 is 23.8 Å². The molecule has 4 heterocycles. The second-order valence-electron chi connectivity index (χ2n) is 20.8. The molecule has 1 aliphatic carbocycles. The largest absolute Gasteiger partial charge is 0.496 e. The number of hydrogen-bond acceptors (Lipinski definition) is 15. The molecule has 0 radical (unpaired) electrons. The van der Waals surface area contributed by atoms with E-state index in [1.165, 1.54) is 34.9 Å². The number of carbonyl (C=O) groups excluding carboxylic acids is 4. The maximum absolute atomic E-state index is 13.9. The van der Waals surface area contributed by atoms with E-state index in [1.54, 1.807) is 58.7 Å². The lowest BCUT2D eigenvalue weighted by Gasteiger charge is -2.42. The number of aliphatic hydroxyl groups is 2. The molecule has 5 N–H and O–H groups in total. The average molecular weight is 1070 g/mol. The van der Waals surface area contributed by atoms with Gasteiger partial charge in [0.1, 0.15) is 17.7 Å². The number of rotatable bonds is 17. The minimum atomic E-state index is -1.00. The Bertz CT molecular complexity index is 2750. The number of thiazole rings is 2. The molecule has 0 bridgehead atoms. The quantitative estimate of drug-likeness (QED) is 0.0598. The van der Waals surface area contributed by atoms with Crippen LogP contribution >= 0.6 is 34.4 Å². The Morgan fingerprint density at radius 3 is 2.26 bits per heavy atom. The zero-order chi connectivity index (χ0) is 52.8. The van der Waals surface area contributed by atoms with Crippen molar-refractivity contribution in [1.29, 1.82) is 0 Å². The molecule has 3 aliphatic rings. The lowest BCUT2D eigenvalue weighted by atomic mass is 9.82. The third-order valence-electron chi connectivity index (χ3n) is 14.5. The molecular weight excluding hydrogens is 997 g/mol. The smallest absolute Gasteiger partial charge is 0.257 e. The summed E-state index contributed by atoms with van der Waals surface area (Å²) >= 11 is 4.42. The van der Waals surface area contributed by atoms with Gasteiger partial charge in [-0.2, -0.15) is 0 Å². The van der Waals surface area contributed by atoms with Gasteiger partial charge in [-0.25, -0.2) is 9.97 Å². The summed E-state index contributed by atoms with van der Waals surface area (Å²) < 4.78 is 12.8. The molecule has 2 aliphatic heterocycles. The van der Waals surface area contributed by atoms with Crippen LogP contribution in [0.3, 0.4) is 0 Å². The standard InChI is InChI=1S/C55H70N8O8S3/c1-32-25-45(70-8)44(52(68)62-23-21-61(22-24-62)35(4)64)27-46(32)73-47-29-57-54(74-47)60-51(67)39-15-19-43(20-16-39)71-42-17-13-38(14-18-42)50(66)59-49(55(5,6)7)53(69)63-30-41(65)26-40(63)28-56-33(2)36-9-11-37(12-10-36)48-34(3)58-31-72-48/h9-12,15-16,19-20,25,27,29,31,33,38,40-42,49,53,56,65,69H,13-14,17-18,21-24,26,28,30H2,1-8H3,(H,59,66)(H,57,60,67)/t33-,38?,40-,41+,42?,49+,53?/m0/s1.